The van der Waals surface area contributed by atoms with E-state index in [1.807, 2.05) is 67.7 Å². The van der Waals surface area contributed by atoms with Crippen LogP contribution in [0.2, 0.25) is 19.6 Å². The smallest absolute Gasteiger partial charge is 0.120 e. The Hall–Kier alpha value is -3.37. The van der Waals surface area contributed by atoms with Gasteiger partial charge in [0.25, 0.3) is 0 Å². The molecule has 0 aliphatic carbocycles. The quantitative estimate of drug-likeness (QED) is 0.142. The molecule has 6 aromatic rings. The molecule has 0 saturated heterocycles. The first-order valence-electron chi connectivity index (χ1n) is 12.1. The van der Waals surface area contributed by atoms with Crippen LogP contribution in [0.25, 0.3) is 44.5 Å². The van der Waals surface area contributed by atoms with Gasteiger partial charge in [0, 0.05) is 37.9 Å². The predicted octanol–water partition coefficient (Wildman–Crippen LogP) is 7.85. The number of para-hydroxylation sites is 1. The zero-order chi connectivity index (χ0) is 25.1. The topological polar surface area (TPSA) is 38.9 Å². The molecule has 6 rings (SSSR count). The Bertz CT molecular complexity index is 1610. The van der Waals surface area contributed by atoms with Gasteiger partial charge < -0.3 is 14.4 Å². The van der Waals surface area contributed by atoms with E-state index >= 15 is 0 Å². The summed E-state index contributed by atoms with van der Waals surface area (Å²) in [6, 6.07) is 34.8. The van der Waals surface area contributed by atoms with E-state index in [0.717, 1.165) is 39.1 Å². The molecule has 0 N–H and O–H groups in total. The molecular formula is C32H28IrN2OSi-2. The number of hydrogen-bond acceptors (Lipinski definition) is 3. The number of aryl methyl sites for hydroxylation is 1. The zero-order valence-electron chi connectivity index (χ0n) is 21.4. The normalized spacial score (nSPS) is 11.0. The van der Waals surface area contributed by atoms with Crippen LogP contribution in [-0.2, 0) is 20.1 Å². The maximum atomic E-state index is 6.36. The molecule has 0 atom stereocenters. The number of hydrogen-bond donors (Lipinski definition) is 0. The average molecular weight is 677 g/mol. The van der Waals surface area contributed by atoms with Crippen molar-refractivity contribution in [2.24, 2.45) is 0 Å². The number of aromatic nitrogens is 2. The Morgan fingerprint density at radius 3 is 2.19 bits per heavy atom. The SMILES string of the molecule is C[Si](C)(C)c1cccc2c1oc1c(-c3ccccn3)[c-]ccc12.Cc1ccc(-c2[c-]cccc2)nc1.[Ir]. The number of furan rings is 1. The molecule has 1 radical (unpaired) electrons. The molecule has 3 aromatic heterocycles. The van der Waals surface area contributed by atoms with Crippen LogP contribution in [0.5, 0.6) is 0 Å². The van der Waals surface area contributed by atoms with Crippen molar-refractivity contribution in [1.29, 1.82) is 0 Å². The number of rotatable bonds is 3. The molecule has 0 spiro atoms. The summed E-state index contributed by atoms with van der Waals surface area (Å²) in [7, 11) is -1.48. The molecule has 3 aromatic carbocycles. The molecule has 5 heteroatoms. The molecule has 0 amide bonds. The van der Waals surface area contributed by atoms with Crippen LogP contribution < -0.4 is 5.19 Å². The van der Waals surface area contributed by atoms with Gasteiger partial charge in [0.15, 0.2) is 0 Å². The summed E-state index contributed by atoms with van der Waals surface area (Å²) in [6.07, 6.45) is 3.67. The minimum absolute atomic E-state index is 0. The standard InChI is InChI=1S/C20H18NOSi.C12H10N.Ir/c1-23(2,3)18-12-7-9-15-14-8-6-10-16(19(14)22-20(15)18)17-11-4-5-13-21-17;1-10-7-8-12(13-9-10)11-5-3-2-4-6-11;/h4-9,11-13H,1-3H3;2-5,7-9H,1H3;/q2*-1;. The van der Waals surface area contributed by atoms with Crippen molar-refractivity contribution < 1.29 is 24.5 Å². The van der Waals surface area contributed by atoms with Gasteiger partial charge in [-0.1, -0.05) is 73.1 Å². The monoisotopic (exact) mass is 677 g/mol. The van der Waals surface area contributed by atoms with E-state index in [-0.39, 0.29) is 20.1 Å². The number of benzene rings is 3. The van der Waals surface area contributed by atoms with Crippen molar-refractivity contribution in [2.75, 3.05) is 0 Å². The Balaban J connectivity index is 0.000000195. The van der Waals surface area contributed by atoms with Crippen molar-refractivity contribution >= 4 is 35.2 Å². The molecule has 0 bridgehead atoms. The fourth-order valence-electron chi connectivity index (χ4n) is 4.23. The molecule has 0 aliphatic heterocycles. The fourth-order valence-corrected chi connectivity index (χ4v) is 5.70. The molecule has 3 heterocycles. The second-order valence-electron chi connectivity index (χ2n) is 9.84. The van der Waals surface area contributed by atoms with E-state index in [2.05, 4.69) is 72.1 Å². The molecule has 0 saturated carbocycles. The summed E-state index contributed by atoms with van der Waals surface area (Å²) >= 11 is 0. The van der Waals surface area contributed by atoms with Gasteiger partial charge in [0.2, 0.25) is 0 Å². The summed E-state index contributed by atoms with van der Waals surface area (Å²) in [4.78, 5) is 8.78. The molecule has 0 unspecified atom stereocenters. The second kappa shape index (κ2) is 11.3. The number of pyridine rings is 2. The summed E-state index contributed by atoms with van der Waals surface area (Å²) < 4.78 is 6.36. The largest absolute Gasteiger partial charge is 0.501 e. The molecule has 3 nitrogen and oxygen atoms in total. The Morgan fingerprint density at radius 1 is 0.703 bits per heavy atom. The zero-order valence-corrected chi connectivity index (χ0v) is 24.8. The van der Waals surface area contributed by atoms with E-state index in [1.165, 1.54) is 16.1 Å². The number of fused-ring (bicyclic) bond motifs is 3. The van der Waals surface area contributed by atoms with E-state index in [9.17, 15) is 0 Å². The van der Waals surface area contributed by atoms with E-state index in [1.54, 1.807) is 6.20 Å². The molecule has 0 fully saturated rings. The van der Waals surface area contributed by atoms with Crippen LogP contribution in [-0.4, -0.2) is 18.0 Å². The van der Waals surface area contributed by atoms with Crippen molar-refractivity contribution in [1.82, 2.24) is 9.97 Å². The summed E-state index contributed by atoms with van der Waals surface area (Å²) in [5.41, 5.74) is 6.94. The fraction of sp³-hybridized carbons (Fsp3) is 0.125. The van der Waals surface area contributed by atoms with E-state index in [0.29, 0.717) is 0 Å². The first-order valence-corrected chi connectivity index (χ1v) is 15.6. The van der Waals surface area contributed by atoms with E-state index < -0.39 is 8.07 Å². The second-order valence-corrected chi connectivity index (χ2v) is 14.9. The third-order valence-corrected chi connectivity index (χ3v) is 8.09. The minimum Gasteiger partial charge on any atom is -0.501 e. The first kappa shape index (κ1) is 26.7. The van der Waals surface area contributed by atoms with Crippen LogP contribution in [0.1, 0.15) is 5.56 Å². The van der Waals surface area contributed by atoms with Gasteiger partial charge >= 0.3 is 0 Å². The van der Waals surface area contributed by atoms with Gasteiger partial charge in [0.05, 0.1) is 13.7 Å². The Kier molecular flexibility index (Phi) is 8.18. The maximum absolute atomic E-state index is 6.36. The molecule has 0 aliphatic rings. The van der Waals surface area contributed by atoms with Gasteiger partial charge in [-0.25, -0.2) is 0 Å². The van der Waals surface area contributed by atoms with Gasteiger partial charge in [-0.15, -0.1) is 54.1 Å². The van der Waals surface area contributed by atoms with Crippen molar-refractivity contribution in [2.45, 2.75) is 26.6 Å². The third-order valence-electron chi connectivity index (χ3n) is 6.08. The predicted molar refractivity (Wildman–Crippen MR) is 152 cm³/mol. The van der Waals surface area contributed by atoms with E-state index in [4.69, 9.17) is 4.42 Å². The maximum Gasteiger partial charge on any atom is 0.120 e. The third kappa shape index (κ3) is 5.80. The number of nitrogens with zero attached hydrogens (tertiary/aromatic N) is 2. The van der Waals surface area contributed by atoms with Gasteiger partial charge in [-0.2, -0.15) is 0 Å². The summed E-state index contributed by atoms with van der Waals surface area (Å²) in [5.74, 6) is 0. The van der Waals surface area contributed by atoms with Gasteiger partial charge in [-0.3, -0.25) is 0 Å². The van der Waals surface area contributed by atoms with Crippen molar-refractivity contribution in [3.8, 4) is 22.5 Å². The van der Waals surface area contributed by atoms with Crippen LogP contribution in [0.4, 0.5) is 0 Å². The van der Waals surface area contributed by atoms with Gasteiger partial charge in [0.1, 0.15) is 5.58 Å². The van der Waals surface area contributed by atoms with Crippen LogP contribution >= 0.6 is 0 Å². The molecule has 187 valence electrons. The minimum atomic E-state index is -1.48. The van der Waals surface area contributed by atoms with Crippen molar-refractivity contribution in [3.63, 3.8) is 0 Å². The summed E-state index contributed by atoms with van der Waals surface area (Å²) in [6.45, 7) is 9.08. The molecular weight excluding hydrogens is 649 g/mol. The first-order chi connectivity index (χ1) is 17.4. The van der Waals surface area contributed by atoms with Crippen LogP contribution in [0.3, 0.4) is 0 Å². The van der Waals surface area contributed by atoms with Gasteiger partial charge in [-0.05, 0) is 35.1 Å². The van der Waals surface area contributed by atoms with Crippen LogP contribution in [0, 0.1) is 19.1 Å². The van der Waals surface area contributed by atoms with Crippen LogP contribution in [0.15, 0.2) is 102 Å². The van der Waals surface area contributed by atoms with Crippen molar-refractivity contribution in [3.05, 3.63) is 115 Å². The molecule has 37 heavy (non-hydrogen) atoms. The summed E-state index contributed by atoms with van der Waals surface area (Å²) in [5, 5.41) is 3.68. The average Bonchev–Trinajstić information content (AvgIpc) is 3.29. The Labute approximate surface area is 233 Å². The Morgan fingerprint density at radius 2 is 1.51 bits per heavy atom.